The van der Waals surface area contributed by atoms with E-state index >= 15 is 0 Å². The Hall–Kier alpha value is -1.79. The lowest BCUT2D eigenvalue weighted by Crippen LogP contribution is -2.34. The zero-order valence-corrected chi connectivity index (χ0v) is 17.6. The van der Waals surface area contributed by atoms with E-state index < -0.39 is 0 Å². The standard InChI is InChI=1S/C20H20Cl2N2O2S/c1-24(2)16(12-4-7-14(26-3)8-5-12)11-23-20(25)19-18(22)15-9-6-13(21)10-17(15)27-19/h4-10,16H,11H2,1-3H3,(H,23,25)/t16-/m0/s1. The first kappa shape index (κ1) is 20.0. The highest BCUT2D eigenvalue weighted by atomic mass is 35.5. The molecule has 2 aromatic carbocycles. The van der Waals surface area contributed by atoms with Gasteiger partial charge in [0.15, 0.2) is 0 Å². The van der Waals surface area contributed by atoms with E-state index in [1.54, 1.807) is 13.2 Å². The minimum Gasteiger partial charge on any atom is -0.497 e. The third kappa shape index (κ3) is 4.38. The first-order valence-electron chi connectivity index (χ1n) is 8.37. The van der Waals surface area contributed by atoms with Crippen molar-refractivity contribution in [2.75, 3.05) is 27.7 Å². The van der Waals surface area contributed by atoms with Gasteiger partial charge in [0.25, 0.3) is 5.91 Å². The van der Waals surface area contributed by atoms with Crippen molar-refractivity contribution in [3.8, 4) is 5.75 Å². The summed E-state index contributed by atoms with van der Waals surface area (Å²) >= 11 is 13.8. The summed E-state index contributed by atoms with van der Waals surface area (Å²) in [5.41, 5.74) is 1.09. The summed E-state index contributed by atoms with van der Waals surface area (Å²) in [5, 5.41) is 4.94. The number of hydrogen-bond acceptors (Lipinski definition) is 4. The van der Waals surface area contributed by atoms with Crippen molar-refractivity contribution in [3.63, 3.8) is 0 Å². The van der Waals surface area contributed by atoms with Gasteiger partial charge >= 0.3 is 0 Å². The highest BCUT2D eigenvalue weighted by Crippen LogP contribution is 2.36. The fraction of sp³-hybridized carbons (Fsp3) is 0.250. The number of ether oxygens (including phenoxy) is 1. The lowest BCUT2D eigenvalue weighted by Gasteiger charge is -2.25. The largest absolute Gasteiger partial charge is 0.497 e. The maximum atomic E-state index is 12.7. The van der Waals surface area contributed by atoms with E-state index in [0.29, 0.717) is 21.5 Å². The molecule has 0 aliphatic rings. The number of fused-ring (bicyclic) bond motifs is 1. The van der Waals surface area contributed by atoms with Gasteiger partial charge in [-0.1, -0.05) is 41.4 Å². The van der Waals surface area contributed by atoms with E-state index in [1.165, 1.54) is 11.3 Å². The van der Waals surface area contributed by atoms with E-state index in [2.05, 4.69) is 10.2 Å². The molecule has 0 spiro atoms. The second-order valence-corrected chi connectivity index (χ2v) is 8.21. The number of methoxy groups -OCH3 is 1. The highest BCUT2D eigenvalue weighted by molar-refractivity contribution is 7.21. The molecule has 1 N–H and O–H groups in total. The Labute approximate surface area is 172 Å². The van der Waals surface area contributed by atoms with Gasteiger partial charge in [0.2, 0.25) is 0 Å². The third-order valence-corrected chi connectivity index (χ3v) is 6.27. The van der Waals surface area contributed by atoms with Gasteiger partial charge in [0.05, 0.1) is 18.2 Å². The molecule has 0 unspecified atom stereocenters. The molecular weight excluding hydrogens is 403 g/mol. The van der Waals surface area contributed by atoms with Gasteiger partial charge in [-0.05, 0) is 43.9 Å². The SMILES string of the molecule is COc1ccc([C@H](CNC(=O)c2sc3cc(Cl)ccc3c2Cl)N(C)C)cc1. The predicted octanol–water partition coefficient (Wildman–Crippen LogP) is 5.25. The van der Waals surface area contributed by atoms with Gasteiger partial charge in [-0.15, -0.1) is 11.3 Å². The van der Waals surface area contributed by atoms with Crippen LogP contribution in [0.15, 0.2) is 42.5 Å². The summed E-state index contributed by atoms with van der Waals surface area (Å²) in [4.78, 5) is 15.3. The van der Waals surface area contributed by atoms with Crippen LogP contribution in [0.5, 0.6) is 5.75 Å². The number of carbonyl (C=O) groups excluding carboxylic acids is 1. The van der Waals surface area contributed by atoms with E-state index in [-0.39, 0.29) is 11.9 Å². The van der Waals surface area contributed by atoms with Crippen LogP contribution in [0.2, 0.25) is 10.0 Å². The van der Waals surface area contributed by atoms with E-state index in [1.807, 2.05) is 50.5 Å². The molecule has 0 aliphatic carbocycles. The number of likely N-dealkylation sites (N-methyl/N-ethyl adjacent to an activating group) is 1. The summed E-state index contributed by atoms with van der Waals surface area (Å²) in [6.07, 6.45) is 0. The molecule has 0 radical (unpaired) electrons. The molecule has 7 heteroatoms. The monoisotopic (exact) mass is 422 g/mol. The Morgan fingerprint density at radius 3 is 2.52 bits per heavy atom. The first-order valence-corrected chi connectivity index (χ1v) is 9.94. The van der Waals surface area contributed by atoms with Gasteiger partial charge < -0.3 is 15.0 Å². The average molecular weight is 423 g/mol. The van der Waals surface area contributed by atoms with Gasteiger partial charge in [-0.25, -0.2) is 0 Å². The van der Waals surface area contributed by atoms with Crippen molar-refractivity contribution in [1.82, 2.24) is 10.2 Å². The summed E-state index contributed by atoms with van der Waals surface area (Å²) < 4.78 is 6.11. The summed E-state index contributed by atoms with van der Waals surface area (Å²) in [5.74, 6) is 0.619. The Bertz CT molecular complexity index is 955. The number of thiophene rings is 1. The molecule has 0 saturated heterocycles. The smallest absolute Gasteiger partial charge is 0.262 e. The topological polar surface area (TPSA) is 41.6 Å². The Kier molecular flexibility index (Phi) is 6.27. The number of hydrogen-bond donors (Lipinski definition) is 1. The van der Waals surface area contributed by atoms with Gasteiger partial charge in [-0.3, -0.25) is 4.79 Å². The van der Waals surface area contributed by atoms with Gasteiger partial charge in [0.1, 0.15) is 10.6 Å². The summed E-state index contributed by atoms with van der Waals surface area (Å²) in [6, 6.07) is 13.3. The Balaban J connectivity index is 1.77. The van der Waals surface area contributed by atoms with Crippen LogP contribution in [0.25, 0.3) is 10.1 Å². The lowest BCUT2D eigenvalue weighted by atomic mass is 10.1. The van der Waals surface area contributed by atoms with Crippen LogP contribution < -0.4 is 10.1 Å². The fourth-order valence-corrected chi connectivity index (χ4v) is 4.59. The fourth-order valence-electron chi connectivity index (χ4n) is 2.88. The van der Waals surface area contributed by atoms with Crippen molar-refractivity contribution in [3.05, 3.63) is 63.0 Å². The van der Waals surface area contributed by atoms with E-state index in [4.69, 9.17) is 27.9 Å². The molecule has 3 aromatic rings. The zero-order chi connectivity index (χ0) is 19.6. The predicted molar refractivity (Wildman–Crippen MR) is 114 cm³/mol. The van der Waals surface area contributed by atoms with E-state index in [9.17, 15) is 4.79 Å². The molecule has 0 bridgehead atoms. The van der Waals surface area contributed by atoms with Crippen LogP contribution in [-0.2, 0) is 0 Å². The summed E-state index contributed by atoms with van der Waals surface area (Å²) in [6.45, 7) is 0.462. The van der Waals surface area contributed by atoms with Gasteiger partial charge in [0, 0.05) is 21.7 Å². The molecule has 3 rings (SSSR count). The number of nitrogens with one attached hydrogen (secondary N) is 1. The average Bonchev–Trinajstić information content (AvgIpc) is 2.98. The number of rotatable bonds is 6. The van der Waals surface area contributed by atoms with Crippen LogP contribution in [0.1, 0.15) is 21.3 Å². The van der Waals surface area contributed by atoms with Crippen molar-refractivity contribution in [2.45, 2.75) is 6.04 Å². The normalized spacial score (nSPS) is 12.4. The molecule has 27 heavy (non-hydrogen) atoms. The molecule has 0 saturated carbocycles. The number of carbonyl (C=O) groups is 1. The van der Waals surface area contributed by atoms with Crippen molar-refractivity contribution in [1.29, 1.82) is 0 Å². The van der Waals surface area contributed by atoms with Crippen molar-refractivity contribution >= 4 is 50.5 Å². The molecule has 1 atom stereocenters. The maximum absolute atomic E-state index is 12.7. The maximum Gasteiger partial charge on any atom is 0.262 e. The third-order valence-electron chi connectivity index (χ3n) is 4.38. The number of nitrogens with zero attached hydrogens (tertiary/aromatic N) is 1. The van der Waals surface area contributed by atoms with Crippen molar-refractivity contribution < 1.29 is 9.53 Å². The molecule has 1 heterocycles. The van der Waals surface area contributed by atoms with Crippen LogP contribution in [0.3, 0.4) is 0 Å². The molecular formula is C20H20Cl2N2O2S. The summed E-state index contributed by atoms with van der Waals surface area (Å²) in [7, 11) is 5.60. The molecule has 1 amide bonds. The highest BCUT2D eigenvalue weighted by Gasteiger charge is 2.20. The van der Waals surface area contributed by atoms with Gasteiger partial charge in [-0.2, -0.15) is 0 Å². The number of halogens is 2. The van der Waals surface area contributed by atoms with Crippen LogP contribution in [-0.4, -0.2) is 38.6 Å². The first-order chi connectivity index (χ1) is 12.9. The second kappa shape index (κ2) is 8.48. The zero-order valence-electron chi connectivity index (χ0n) is 15.3. The van der Waals surface area contributed by atoms with Crippen LogP contribution in [0.4, 0.5) is 0 Å². The molecule has 1 aromatic heterocycles. The van der Waals surface area contributed by atoms with Crippen molar-refractivity contribution in [2.24, 2.45) is 0 Å². The molecule has 142 valence electrons. The molecule has 0 fully saturated rings. The Morgan fingerprint density at radius 2 is 1.89 bits per heavy atom. The lowest BCUT2D eigenvalue weighted by molar-refractivity contribution is 0.0946. The Morgan fingerprint density at radius 1 is 1.19 bits per heavy atom. The van der Waals surface area contributed by atoms with Crippen LogP contribution >= 0.6 is 34.5 Å². The minimum absolute atomic E-state index is 0.0301. The minimum atomic E-state index is -0.183. The quantitative estimate of drug-likeness (QED) is 0.589. The molecule has 4 nitrogen and oxygen atoms in total. The second-order valence-electron chi connectivity index (χ2n) is 6.35. The number of amides is 1. The molecule has 0 aliphatic heterocycles. The number of benzene rings is 2. The van der Waals surface area contributed by atoms with Crippen LogP contribution in [0, 0.1) is 0 Å². The van der Waals surface area contributed by atoms with E-state index in [0.717, 1.165) is 21.4 Å².